The Labute approximate surface area is 130 Å². The van der Waals surface area contributed by atoms with E-state index in [4.69, 9.17) is 16.3 Å². The number of Topliss-reactive ketones (excluding diaryl/α,β-unsaturated/α-hetero) is 1. The molecule has 5 nitrogen and oxygen atoms in total. The average Bonchev–Trinajstić information content (AvgIpc) is 2.53. The van der Waals surface area contributed by atoms with Gasteiger partial charge in [0, 0.05) is 16.8 Å². The van der Waals surface area contributed by atoms with Crippen molar-refractivity contribution in [3.05, 3.63) is 75.7 Å². The Balaban J connectivity index is 1.77. The third-order valence-electron chi connectivity index (χ3n) is 3.06. The number of carbonyl (C=O) groups excluding carboxylic acids is 1. The van der Waals surface area contributed by atoms with Crippen molar-refractivity contribution in [2.24, 2.45) is 0 Å². The summed E-state index contributed by atoms with van der Waals surface area (Å²) in [6.45, 7) is -0.197. The van der Waals surface area contributed by atoms with Crippen molar-refractivity contribution in [2.75, 3.05) is 6.61 Å². The zero-order valence-electron chi connectivity index (χ0n) is 11.4. The van der Waals surface area contributed by atoms with Gasteiger partial charge in [-0.1, -0.05) is 17.7 Å². The van der Waals surface area contributed by atoms with Crippen LogP contribution in [0.1, 0.15) is 10.4 Å². The van der Waals surface area contributed by atoms with E-state index in [9.17, 15) is 9.59 Å². The Hall–Kier alpha value is -2.66. The van der Waals surface area contributed by atoms with E-state index in [2.05, 4.69) is 4.98 Å². The van der Waals surface area contributed by atoms with E-state index in [1.807, 2.05) is 0 Å². The predicted octanol–water partition coefficient (Wildman–Crippen LogP) is 2.61. The fourth-order valence-electron chi connectivity index (χ4n) is 1.96. The summed E-state index contributed by atoms with van der Waals surface area (Å²) in [6.07, 6.45) is 1.62. The van der Waals surface area contributed by atoms with Crippen LogP contribution >= 0.6 is 11.6 Å². The smallest absolute Gasteiger partial charge is 0.261 e. The second-order valence-electron chi connectivity index (χ2n) is 4.58. The van der Waals surface area contributed by atoms with Crippen LogP contribution in [-0.2, 0) is 0 Å². The Morgan fingerprint density at radius 1 is 1.18 bits per heavy atom. The number of ether oxygens (including phenoxy) is 1. The van der Waals surface area contributed by atoms with Crippen LogP contribution < -0.4 is 10.3 Å². The molecule has 0 amide bonds. The summed E-state index contributed by atoms with van der Waals surface area (Å²) in [5.41, 5.74) is 0.686. The average molecular weight is 315 g/mol. The number of aromatic nitrogens is 2. The monoisotopic (exact) mass is 314 g/mol. The molecule has 0 aliphatic rings. The lowest BCUT2D eigenvalue weighted by Gasteiger charge is -2.06. The van der Waals surface area contributed by atoms with Gasteiger partial charge in [-0.15, -0.1) is 0 Å². The summed E-state index contributed by atoms with van der Waals surface area (Å²) in [5.74, 6) is -0.0924. The van der Waals surface area contributed by atoms with Crippen LogP contribution in [0.15, 0.2) is 59.5 Å². The highest BCUT2D eigenvalue weighted by Crippen LogP contribution is 2.11. The van der Waals surface area contributed by atoms with Gasteiger partial charge in [-0.05, 0) is 36.4 Å². The third kappa shape index (κ3) is 2.99. The van der Waals surface area contributed by atoms with Crippen molar-refractivity contribution in [2.45, 2.75) is 0 Å². The Morgan fingerprint density at radius 2 is 1.95 bits per heavy atom. The first-order valence-electron chi connectivity index (χ1n) is 6.53. The van der Waals surface area contributed by atoms with Crippen molar-refractivity contribution in [3.63, 3.8) is 0 Å². The maximum atomic E-state index is 12.0. The summed E-state index contributed by atoms with van der Waals surface area (Å²) in [6, 6.07) is 13.0. The van der Waals surface area contributed by atoms with Crippen LogP contribution in [0.25, 0.3) is 5.65 Å². The number of ketones is 1. The summed E-state index contributed by atoms with van der Waals surface area (Å²) in [4.78, 5) is 28.1. The van der Waals surface area contributed by atoms with E-state index in [-0.39, 0.29) is 23.8 Å². The minimum Gasteiger partial charge on any atom is -0.469 e. The first kappa shape index (κ1) is 14.3. The molecule has 0 fully saturated rings. The summed E-state index contributed by atoms with van der Waals surface area (Å²) in [5, 5.41) is 0.557. The van der Waals surface area contributed by atoms with E-state index >= 15 is 0 Å². The van der Waals surface area contributed by atoms with Crippen molar-refractivity contribution >= 4 is 23.0 Å². The van der Waals surface area contributed by atoms with Crippen molar-refractivity contribution in [3.8, 4) is 5.88 Å². The number of benzene rings is 1. The van der Waals surface area contributed by atoms with Crippen LogP contribution in [-0.4, -0.2) is 21.8 Å². The van der Waals surface area contributed by atoms with Crippen LogP contribution in [0.3, 0.4) is 0 Å². The molecule has 1 aromatic carbocycles. The number of carbonyl (C=O) groups is 1. The van der Waals surface area contributed by atoms with E-state index in [1.165, 1.54) is 10.5 Å². The number of fused-ring (bicyclic) bond motifs is 1. The first-order valence-corrected chi connectivity index (χ1v) is 6.91. The second-order valence-corrected chi connectivity index (χ2v) is 5.02. The minimum atomic E-state index is -0.264. The maximum absolute atomic E-state index is 12.0. The summed E-state index contributed by atoms with van der Waals surface area (Å²) < 4.78 is 6.73. The number of halogens is 1. The van der Waals surface area contributed by atoms with Gasteiger partial charge in [0.25, 0.3) is 5.56 Å². The minimum absolute atomic E-state index is 0.124. The van der Waals surface area contributed by atoms with Gasteiger partial charge in [0.05, 0.1) is 6.07 Å². The molecule has 0 N–H and O–H groups in total. The number of nitrogens with zero attached hydrogens (tertiary/aromatic N) is 2. The molecule has 0 radical (unpaired) electrons. The summed E-state index contributed by atoms with van der Waals surface area (Å²) in [7, 11) is 0. The number of hydrogen-bond donors (Lipinski definition) is 0. The van der Waals surface area contributed by atoms with Gasteiger partial charge in [0.15, 0.2) is 12.4 Å². The lowest BCUT2D eigenvalue weighted by atomic mass is 10.1. The van der Waals surface area contributed by atoms with Gasteiger partial charge in [-0.25, -0.2) is 0 Å². The normalized spacial score (nSPS) is 10.6. The van der Waals surface area contributed by atoms with E-state index < -0.39 is 0 Å². The van der Waals surface area contributed by atoms with Crippen molar-refractivity contribution < 1.29 is 9.53 Å². The fourth-order valence-corrected chi connectivity index (χ4v) is 2.09. The molecule has 0 saturated carbocycles. The van der Waals surface area contributed by atoms with Crippen LogP contribution in [0.2, 0.25) is 5.02 Å². The predicted molar refractivity (Wildman–Crippen MR) is 82.7 cm³/mol. The molecule has 0 saturated heterocycles. The standard InChI is InChI=1S/C16H11ClN2O3/c17-12-6-4-11(5-7-12)13(20)10-22-15-9-16(21)19-8-2-1-3-14(19)18-15/h1-9H,10H2. The van der Waals surface area contributed by atoms with Crippen LogP contribution in [0.5, 0.6) is 5.88 Å². The molecule has 2 aromatic heterocycles. The van der Waals surface area contributed by atoms with Gasteiger partial charge in [-0.2, -0.15) is 4.98 Å². The Kier molecular flexibility index (Phi) is 3.89. The van der Waals surface area contributed by atoms with E-state index in [0.717, 1.165) is 0 Å². The van der Waals surface area contributed by atoms with E-state index in [1.54, 1.807) is 48.7 Å². The van der Waals surface area contributed by atoms with Gasteiger partial charge < -0.3 is 4.74 Å². The van der Waals surface area contributed by atoms with Crippen molar-refractivity contribution in [1.82, 2.24) is 9.38 Å². The largest absolute Gasteiger partial charge is 0.469 e. The van der Waals surface area contributed by atoms with Gasteiger partial charge in [0.2, 0.25) is 5.88 Å². The Bertz CT molecular complexity index is 888. The number of pyridine rings is 1. The summed E-state index contributed by atoms with van der Waals surface area (Å²) >= 11 is 5.77. The Morgan fingerprint density at radius 3 is 2.73 bits per heavy atom. The molecule has 0 aliphatic heterocycles. The molecular weight excluding hydrogens is 304 g/mol. The highest BCUT2D eigenvalue weighted by Gasteiger charge is 2.08. The maximum Gasteiger partial charge on any atom is 0.261 e. The molecule has 2 heterocycles. The zero-order chi connectivity index (χ0) is 15.5. The SMILES string of the molecule is O=C(COc1cc(=O)n2ccccc2n1)c1ccc(Cl)cc1. The molecule has 0 aliphatic carbocycles. The zero-order valence-corrected chi connectivity index (χ0v) is 12.2. The topological polar surface area (TPSA) is 60.7 Å². The quantitative estimate of drug-likeness (QED) is 0.695. The fraction of sp³-hybridized carbons (Fsp3) is 0.0625. The molecular formula is C16H11ClN2O3. The molecule has 0 unspecified atom stereocenters. The van der Waals surface area contributed by atoms with Crippen LogP contribution in [0.4, 0.5) is 0 Å². The first-order chi connectivity index (χ1) is 10.6. The van der Waals surface area contributed by atoms with Gasteiger partial charge >= 0.3 is 0 Å². The molecule has 3 aromatic rings. The lowest BCUT2D eigenvalue weighted by Crippen LogP contribution is -2.17. The third-order valence-corrected chi connectivity index (χ3v) is 3.32. The second kappa shape index (κ2) is 5.99. The van der Waals surface area contributed by atoms with E-state index in [0.29, 0.717) is 16.2 Å². The number of rotatable bonds is 4. The highest BCUT2D eigenvalue weighted by atomic mass is 35.5. The lowest BCUT2D eigenvalue weighted by molar-refractivity contribution is 0.0918. The molecule has 0 spiro atoms. The van der Waals surface area contributed by atoms with Gasteiger partial charge in [0.1, 0.15) is 5.65 Å². The highest BCUT2D eigenvalue weighted by molar-refractivity contribution is 6.30. The van der Waals surface area contributed by atoms with Crippen molar-refractivity contribution in [1.29, 1.82) is 0 Å². The molecule has 0 bridgehead atoms. The molecule has 110 valence electrons. The molecule has 3 rings (SSSR count). The van der Waals surface area contributed by atoms with Gasteiger partial charge in [-0.3, -0.25) is 14.0 Å². The number of hydrogen-bond acceptors (Lipinski definition) is 4. The molecule has 6 heteroatoms. The van der Waals surface area contributed by atoms with Crippen LogP contribution in [0, 0.1) is 0 Å². The molecule has 22 heavy (non-hydrogen) atoms. The molecule has 0 atom stereocenters.